The van der Waals surface area contributed by atoms with Crippen molar-refractivity contribution >= 4 is 0 Å². The Bertz CT molecular complexity index is 144. The molecule has 0 aromatic heterocycles. The van der Waals surface area contributed by atoms with Crippen molar-refractivity contribution in [1.82, 2.24) is 5.32 Å². The van der Waals surface area contributed by atoms with Crippen LogP contribution in [0.3, 0.4) is 0 Å². The van der Waals surface area contributed by atoms with Crippen molar-refractivity contribution in [3.63, 3.8) is 0 Å². The molecule has 0 bridgehead atoms. The first kappa shape index (κ1) is 11.5. The SMILES string of the molecule is C=COCCCNCC1CCCOC1. The maximum absolute atomic E-state index is 5.40. The van der Waals surface area contributed by atoms with Gasteiger partial charge in [-0.05, 0) is 31.7 Å². The number of hydrogen-bond acceptors (Lipinski definition) is 3. The minimum Gasteiger partial charge on any atom is -0.502 e. The van der Waals surface area contributed by atoms with Crippen LogP contribution in [-0.4, -0.2) is 32.9 Å². The molecule has 1 atom stereocenters. The van der Waals surface area contributed by atoms with Crippen molar-refractivity contribution in [2.45, 2.75) is 19.3 Å². The summed E-state index contributed by atoms with van der Waals surface area (Å²) >= 11 is 0. The zero-order chi connectivity index (χ0) is 10.1. The van der Waals surface area contributed by atoms with Crippen molar-refractivity contribution in [2.24, 2.45) is 5.92 Å². The molecule has 14 heavy (non-hydrogen) atoms. The largest absolute Gasteiger partial charge is 0.502 e. The lowest BCUT2D eigenvalue weighted by atomic mass is 10.0. The van der Waals surface area contributed by atoms with Gasteiger partial charge in [0, 0.05) is 13.2 Å². The molecule has 1 aliphatic heterocycles. The quantitative estimate of drug-likeness (QED) is 0.498. The summed E-state index contributed by atoms with van der Waals surface area (Å²) in [6, 6.07) is 0. The fourth-order valence-electron chi connectivity index (χ4n) is 1.64. The molecule has 0 aliphatic carbocycles. The van der Waals surface area contributed by atoms with E-state index in [4.69, 9.17) is 9.47 Å². The van der Waals surface area contributed by atoms with Gasteiger partial charge in [-0.25, -0.2) is 0 Å². The monoisotopic (exact) mass is 199 g/mol. The molecular weight excluding hydrogens is 178 g/mol. The van der Waals surface area contributed by atoms with Crippen molar-refractivity contribution in [3.8, 4) is 0 Å². The fraction of sp³-hybridized carbons (Fsp3) is 0.818. The summed E-state index contributed by atoms with van der Waals surface area (Å²) in [5.74, 6) is 0.712. The zero-order valence-electron chi connectivity index (χ0n) is 8.84. The number of hydrogen-bond donors (Lipinski definition) is 1. The summed E-state index contributed by atoms with van der Waals surface area (Å²) in [4.78, 5) is 0. The van der Waals surface area contributed by atoms with Crippen LogP contribution in [0.5, 0.6) is 0 Å². The zero-order valence-corrected chi connectivity index (χ0v) is 8.84. The van der Waals surface area contributed by atoms with E-state index in [0.717, 1.165) is 39.3 Å². The first-order valence-corrected chi connectivity index (χ1v) is 5.44. The second-order valence-electron chi connectivity index (χ2n) is 3.68. The Morgan fingerprint density at radius 3 is 3.21 bits per heavy atom. The van der Waals surface area contributed by atoms with Crippen LogP contribution in [-0.2, 0) is 9.47 Å². The van der Waals surface area contributed by atoms with Crippen LogP contribution in [0.25, 0.3) is 0 Å². The molecule has 1 saturated heterocycles. The summed E-state index contributed by atoms with van der Waals surface area (Å²) in [7, 11) is 0. The van der Waals surface area contributed by atoms with E-state index in [0.29, 0.717) is 5.92 Å². The van der Waals surface area contributed by atoms with Crippen LogP contribution >= 0.6 is 0 Å². The lowest BCUT2D eigenvalue weighted by Gasteiger charge is -2.22. The first-order chi connectivity index (χ1) is 6.93. The third kappa shape index (κ3) is 5.25. The molecule has 0 amide bonds. The normalized spacial score (nSPS) is 21.9. The molecule has 0 aromatic carbocycles. The van der Waals surface area contributed by atoms with Gasteiger partial charge >= 0.3 is 0 Å². The van der Waals surface area contributed by atoms with E-state index in [-0.39, 0.29) is 0 Å². The van der Waals surface area contributed by atoms with Crippen molar-refractivity contribution in [2.75, 3.05) is 32.9 Å². The molecule has 1 N–H and O–H groups in total. The van der Waals surface area contributed by atoms with Crippen LogP contribution in [0.2, 0.25) is 0 Å². The highest BCUT2D eigenvalue weighted by Gasteiger charge is 2.12. The van der Waals surface area contributed by atoms with E-state index >= 15 is 0 Å². The Hall–Kier alpha value is -0.540. The van der Waals surface area contributed by atoms with E-state index in [2.05, 4.69) is 11.9 Å². The minimum atomic E-state index is 0.712. The first-order valence-electron chi connectivity index (χ1n) is 5.44. The van der Waals surface area contributed by atoms with Gasteiger partial charge in [-0.3, -0.25) is 0 Å². The second kappa shape index (κ2) is 7.83. The smallest absolute Gasteiger partial charge is 0.0885 e. The molecule has 82 valence electrons. The van der Waals surface area contributed by atoms with Gasteiger partial charge in [0.1, 0.15) is 0 Å². The average Bonchev–Trinajstić information content (AvgIpc) is 2.25. The highest BCUT2D eigenvalue weighted by atomic mass is 16.5. The topological polar surface area (TPSA) is 30.5 Å². The Balaban J connectivity index is 1.85. The van der Waals surface area contributed by atoms with E-state index < -0.39 is 0 Å². The van der Waals surface area contributed by atoms with Gasteiger partial charge in [-0.1, -0.05) is 6.58 Å². The minimum absolute atomic E-state index is 0.712. The average molecular weight is 199 g/mol. The lowest BCUT2D eigenvalue weighted by Crippen LogP contribution is -2.30. The molecule has 1 aliphatic rings. The molecule has 1 fully saturated rings. The predicted molar refractivity (Wildman–Crippen MR) is 57.2 cm³/mol. The maximum atomic E-state index is 5.40. The maximum Gasteiger partial charge on any atom is 0.0885 e. The van der Waals surface area contributed by atoms with Crippen molar-refractivity contribution in [1.29, 1.82) is 0 Å². The summed E-state index contributed by atoms with van der Waals surface area (Å²) in [6.45, 7) is 8.22. The molecule has 0 aromatic rings. The highest BCUT2D eigenvalue weighted by Crippen LogP contribution is 2.11. The molecule has 0 saturated carbocycles. The van der Waals surface area contributed by atoms with Crippen molar-refractivity contribution in [3.05, 3.63) is 12.8 Å². The summed E-state index contributed by atoms with van der Waals surface area (Å²) in [6.07, 6.45) is 5.05. The lowest BCUT2D eigenvalue weighted by molar-refractivity contribution is 0.0548. The molecule has 3 nitrogen and oxygen atoms in total. The van der Waals surface area contributed by atoms with Crippen LogP contribution < -0.4 is 5.32 Å². The van der Waals surface area contributed by atoms with E-state index in [1.54, 1.807) is 0 Å². The predicted octanol–water partition coefficient (Wildman–Crippen LogP) is 1.55. The highest BCUT2D eigenvalue weighted by molar-refractivity contribution is 4.65. The molecule has 1 unspecified atom stereocenters. The van der Waals surface area contributed by atoms with Gasteiger partial charge in [0.25, 0.3) is 0 Å². The molecule has 0 radical (unpaired) electrons. The third-order valence-electron chi connectivity index (χ3n) is 2.42. The van der Waals surface area contributed by atoms with Gasteiger partial charge in [-0.15, -0.1) is 0 Å². The summed E-state index contributed by atoms with van der Waals surface area (Å²) < 4.78 is 10.4. The van der Waals surface area contributed by atoms with Crippen LogP contribution in [0, 0.1) is 5.92 Å². The molecule has 1 rings (SSSR count). The number of rotatable bonds is 7. The van der Waals surface area contributed by atoms with E-state index in [1.807, 2.05) is 0 Å². The van der Waals surface area contributed by atoms with E-state index in [1.165, 1.54) is 19.1 Å². The Morgan fingerprint density at radius 2 is 2.50 bits per heavy atom. The fourth-order valence-corrected chi connectivity index (χ4v) is 1.64. The van der Waals surface area contributed by atoms with Gasteiger partial charge in [-0.2, -0.15) is 0 Å². The van der Waals surface area contributed by atoms with Crippen LogP contribution in [0.15, 0.2) is 12.8 Å². The number of ether oxygens (including phenoxy) is 2. The Labute approximate surface area is 86.5 Å². The molecule has 1 heterocycles. The molecule has 3 heteroatoms. The van der Waals surface area contributed by atoms with Gasteiger partial charge in [0.05, 0.1) is 19.5 Å². The van der Waals surface area contributed by atoms with Gasteiger partial charge < -0.3 is 14.8 Å². The van der Waals surface area contributed by atoms with Crippen LogP contribution in [0.4, 0.5) is 0 Å². The standard InChI is InChI=1S/C11H21NO2/c1-2-13-8-4-6-12-9-11-5-3-7-14-10-11/h2,11-12H,1,3-10H2. The number of nitrogens with one attached hydrogen (secondary N) is 1. The van der Waals surface area contributed by atoms with Gasteiger partial charge in [0.2, 0.25) is 0 Å². The van der Waals surface area contributed by atoms with Gasteiger partial charge in [0.15, 0.2) is 0 Å². The Kier molecular flexibility index (Phi) is 6.45. The third-order valence-corrected chi connectivity index (χ3v) is 2.42. The summed E-state index contributed by atoms with van der Waals surface area (Å²) in [5, 5.41) is 3.42. The van der Waals surface area contributed by atoms with Crippen molar-refractivity contribution < 1.29 is 9.47 Å². The molecular formula is C11H21NO2. The Morgan fingerprint density at radius 1 is 1.57 bits per heavy atom. The van der Waals surface area contributed by atoms with Crippen LogP contribution in [0.1, 0.15) is 19.3 Å². The second-order valence-corrected chi connectivity index (χ2v) is 3.68. The summed E-state index contributed by atoms with van der Waals surface area (Å²) in [5.41, 5.74) is 0. The molecule has 0 spiro atoms. The van der Waals surface area contributed by atoms with E-state index in [9.17, 15) is 0 Å².